The molecule has 3 atom stereocenters. The Morgan fingerprint density at radius 2 is 2.31 bits per heavy atom. The quantitative estimate of drug-likeness (QED) is 0.477. The maximum absolute atomic E-state index is 5.94. The maximum Gasteiger partial charge on any atom is 0.192 e. The number of hydrogen-bond acceptors (Lipinski definition) is 4. The van der Waals surface area contributed by atoms with E-state index in [-0.39, 0.29) is 6.10 Å². The van der Waals surface area contributed by atoms with Crippen molar-refractivity contribution in [1.82, 2.24) is 15.3 Å². The van der Waals surface area contributed by atoms with E-state index in [2.05, 4.69) is 37.9 Å². The van der Waals surface area contributed by atoms with Crippen LogP contribution in [-0.2, 0) is 4.74 Å². The Bertz CT molecular complexity index is 397. The van der Waals surface area contributed by atoms with Gasteiger partial charge in [0.15, 0.2) is 3.83 Å². The molecule has 0 spiro atoms. The van der Waals surface area contributed by atoms with E-state index < -0.39 is 0 Å². The van der Waals surface area contributed by atoms with Gasteiger partial charge in [0.05, 0.1) is 12.3 Å². The molecular weight excluding hydrogens is 340 g/mol. The van der Waals surface area contributed by atoms with Crippen molar-refractivity contribution < 1.29 is 4.74 Å². The summed E-state index contributed by atoms with van der Waals surface area (Å²) in [5.74, 6) is 0. The number of rotatable bonds is 1. The Labute approximate surface area is 112 Å². The van der Waals surface area contributed by atoms with Crippen molar-refractivity contribution in [2.45, 2.75) is 31.0 Å². The molecule has 1 N–H and O–H groups in total. The topological polar surface area (TPSA) is 47.0 Å². The summed E-state index contributed by atoms with van der Waals surface area (Å²) in [6, 6.07) is 2.70. The molecule has 3 rings (SSSR count). The first kappa shape index (κ1) is 11.1. The second-order valence-electron chi connectivity index (χ2n) is 4.19. The number of hydrogen-bond donors (Lipinski definition) is 1. The molecule has 2 fully saturated rings. The van der Waals surface area contributed by atoms with Crippen LogP contribution in [0.3, 0.4) is 0 Å². The van der Waals surface area contributed by atoms with Gasteiger partial charge in [0, 0.05) is 34.7 Å². The molecule has 2 aliphatic rings. The van der Waals surface area contributed by atoms with Gasteiger partial charge in [0.1, 0.15) is 11.3 Å². The molecule has 86 valence electrons. The summed E-state index contributed by atoms with van der Waals surface area (Å²) in [6.45, 7) is 0.763. The zero-order valence-electron chi connectivity index (χ0n) is 8.49. The summed E-state index contributed by atoms with van der Waals surface area (Å²) in [7, 11) is 0. The van der Waals surface area contributed by atoms with Crippen LogP contribution in [0.15, 0.2) is 6.07 Å². The van der Waals surface area contributed by atoms with Crippen LogP contribution in [0.4, 0.5) is 0 Å². The fraction of sp³-hybridized carbons (Fsp3) is 0.600. The Kier molecular flexibility index (Phi) is 3.03. The first-order chi connectivity index (χ1) is 7.72. The highest BCUT2D eigenvalue weighted by Gasteiger charge is 2.37. The summed E-state index contributed by atoms with van der Waals surface area (Å²) < 4.78 is 6.52. The Hall–Kier alpha value is 0.0200. The molecule has 16 heavy (non-hydrogen) atoms. The van der Waals surface area contributed by atoms with Crippen LogP contribution >= 0.6 is 34.2 Å². The molecule has 2 bridgehead atoms. The molecule has 6 heteroatoms. The Balaban J connectivity index is 1.90. The zero-order chi connectivity index (χ0) is 11.1. The zero-order valence-corrected chi connectivity index (χ0v) is 11.4. The monoisotopic (exact) mass is 351 g/mol. The summed E-state index contributed by atoms with van der Waals surface area (Å²) >= 11 is 8.01. The predicted molar refractivity (Wildman–Crippen MR) is 68.4 cm³/mol. The lowest BCUT2D eigenvalue weighted by Gasteiger charge is -2.30. The lowest BCUT2D eigenvalue weighted by molar-refractivity contribution is -0.00877. The van der Waals surface area contributed by atoms with Crippen molar-refractivity contribution in [3.8, 4) is 0 Å². The molecule has 1 aromatic heterocycles. The molecular formula is C10H11ClIN3O. The van der Waals surface area contributed by atoms with Gasteiger partial charge in [-0.05, 0) is 18.9 Å². The molecule has 2 saturated heterocycles. The van der Waals surface area contributed by atoms with Gasteiger partial charge in [-0.15, -0.1) is 0 Å². The predicted octanol–water partition coefficient (Wildman–Crippen LogP) is 1.93. The average molecular weight is 352 g/mol. The van der Waals surface area contributed by atoms with Crippen LogP contribution in [0.1, 0.15) is 24.6 Å². The minimum Gasteiger partial charge on any atom is -0.369 e. The van der Waals surface area contributed by atoms with Gasteiger partial charge in [-0.2, -0.15) is 0 Å². The van der Waals surface area contributed by atoms with Crippen LogP contribution in [0.25, 0.3) is 0 Å². The van der Waals surface area contributed by atoms with E-state index in [1.54, 1.807) is 6.07 Å². The van der Waals surface area contributed by atoms with Crippen molar-refractivity contribution in [2.75, 3.05) is 6.61 Å². The minimum atomic E-state index is 0.0211. The third kappa shape index (κ3) is 2.05. The van der Waals surface area contributed by atoms with Gasteiger partial charge in [0.2, 0.25) is 0 Å². The second kappa shape index (κ2) is 4.36. The summed E-state index contributed by atoms with van der Waals surface area (Å²) in [5, 5.41) is 4.03. The van der Waals surface area contributed by atoms with Crippen molar-refractivity contribution in [3.63, 3.8) is 0 Å². The van der Waals surface area contributed by atoms with Crippen LogP contribution in [0, 0.1) is 3.83 Å². The van der Waals surface area contributed by atoms with E-state index >= 15 is 0 Å². The molecule has 4 nitrogen and oxygen atoms in total. The van der Waals surface area contributed by atoms with Crippen LogP contribution in [-0.4, -0.2) is 28.7 Å². The average Bonchev–Trinajstić information content (AvgIpc) is 2.59. The van der Waals surface area contributed by atoms with Crippen LogP contribution < -0.4 is 5.32 Å². The molecule has 3 heterocycles. The maximum atomic E-state index is 5.94. The summed E-state index contributed by atoms with van der Waals surface area (Å²) in [6.07, 6.45) is 2.36. The molecule has 2 aliphatic heterocycles. The molecule has 0 aliphatic carbocycles. The van der Waals surface area contributed by atoms with Gasteiger partial charge in [-0.3, -0.25) is 0 Å². The van der Waals surface area contributed by atoms with Crippen LogP contribution in [0.5, 0.6) is 0 Å². The SMILES string of the molecule is Clc1cc(C2OCC3CCC2N3)nc(I)n1. The van der Waals surface area contributed by atoms with Gasteiger partial charge in [-0.1, -0.05) is 11.6 Å². The van der Waals surface area contributed by atoms with Crippen molar-refractivity contribution >= 4 is 34.2 Å². The molecule has 0 aromatic carbocycles. The highest BCUT2D eigenvalue weighted by molar-refractivity contribution is 14.1. The Morgan fingerprint density at radius 1 is 1.44 bits per heavy atom. The summed E-state index contributed by atoms with van der Waals surface area (Å²) in [4.78, 5) is 8.46. The fourth-order valence-electron chi connectivity index (χ4n) is 2.40. The van der Waals surface area contributed by atoms with Crippen molar-refractivity contribution in [2.24, 2.45) is 0 Å². The molecule has 0 saturated carbocycles. The largest absolute Gasteiger partial charge is 0.369 e. The number of ether oxygens (including phenoxy) is 1. The lowest BCUT2D eigenvalue weighted by Crippen LogP contribution is -2.43. The van der Waals surface area contributed by atoms with E-state index in [9.17, 15) is 0 Å². The van der Waals surface area contributed by atoms with Crippen molar-refractivity contribution in [3.05, 3.63) is 20.7 Å². The number of aromatic nitrogens is 2. The van der Waals surface area contributed by atoms with E-state index in [1.807, 2.05) is 0 Å². The summed E-state index contributed by atoms with van der Waals surface area (Å²) in [5.41, 5.74) is 0.891. The highest BCUT2D eigenvalue weighted by Crippen LogP contribution is 2.33. The van der Waals surface area contributed by atoms with Gasteiger partial charge < -0.3 is 10.1 Å². The Morgan fingerprint density at radius 3 is 3.12 bits per heavy atom. The second-order valence-corrected chi connectivity index (χ2v) is 5.54. The minimum absolute atomic E-state index is 0.0211. The third-order valence-corrected chi connectivity index (χ3v) is 3.77. The fourth-order valence-corrected chi connectivity index (χ4v) is 3.27. The van der Waals surface area contributed by atoms with E-state index in [4.69, 9.17) is 16.3 Å². The van der Waals surface area contributed by atoms with Gasteiger partial charge in [-0.25, -0.2) is 9.97 Å². The number of nitrogens with zero attached hydrogens (tertiary/aromatic N) is 2. The number of fused-ring (bicyclic) bond motifs is 2. The lowest BCUT2D eigenvalue weighted by atomic mass is 10.1. The first-order valence-electron chi connectivity index (χ1n) is 5.30. The van der Waals surface area contributed by atoms with Crippen LogP contribution in [0.2, 0.25) is 5.15 Å². The molecule has 3 unspecified atom stereocenters. The van der Waals surface area contributed by atoms with E-state index in [0.29, 0.717) is 21.1 Å². The number of morpholine rings is 1. The molecule has 0 amide bonds. The van der Waals surface area contributed by atoms with Crippen molar-refractivity contribution in [1.29, 1.82) is 0 Å². The van der Waals surface area contributed by atoms with Gasteiger partial charge in [0.25, 0.3) is 0 Å². The third-order valence-electron chi connectivity index (χ3n) is 3.10. The normalized spacial score (nSPS) is 33.0. The van der Waals surface area contributed by atoms with E-state index in [1.165, 1.54) is 6.42 Å². The number of halogens is 2. The molecule has 0 radical (unpaired) electrons. The highest BCUT2D eigenvalue weighted by atomic mass is 127. The number of nitrogens with one attached hydrogen (secondary N) is 1. The van der Waals surface area contributed by atoms with Gasteiger partial charge >= 0.3 is 0 Å². The standard InChI is InChI=1S/C10H11ClIN3O/c11-8-3-7(14-10(12)15-8)9-6-2-1-5(13-6)4-16-9/h3,5-6,9,13H,1-2,4H2. The van der Waals surface area contributed by atoms with E-state index in [0.717, 1.165) is 18.7 Å². The molecule has 1 aromatic rings. The smallest absolute Gasteiger partial charge is 0.192 e. The first-order valence-corrected chi connectivity index (χ1v) is 6.75.